The number of halogens is 1. The van der Waals surface area contributed by atoms with Gasteiger partial charge in [-0.15, -0.1) is 0 Å². The molecule has 7 nitrogen and oxygen atoms in total. The van der Waals surface area contributed by atoms with Crippen molar-refractivity contribution in [2.75, 3.05) is 38.1 Å². The predicted molar refractivity (Wildman–Crippen MR) is 126 cm³/mol. The van der Waals surface area contributed by atoms with Gasteiger partial charge in [0.25, 0.3) is 11.8 Å². The summed E-state index contributed by atoms with van der Waals surface area (Å²) < 4.78 is 5.54. The third-order valence-corrected chi connectivity index (χ3v) is 6.48. The van der Waals surface area contributed by atoms with Crippen LogP contribution in [0.1, 0.15) is 39.9 Å². The van der Waals surface area contributed by atoms with E-state index in [4.69, 9.17) is 21.6 Å². The third kappa shape index (κ3) is 5.53. The summed E-state index contributed by atoms with van der Waals surface area (Å²) in [4.78, 5) is 29.5. The monoisotopic (exact) mass is 466 g/mol. The number of anilines is 1. The number of carbonyl (C=O) groups excluding carboxylic acids is 2. The quantitative estimate of drug-likeness (QED) is 0.727. The molecule has 2 aromatic rings. The second-order valence-corrected chi connectivity index (χ2v) is 8.92. The second kappa shape index (κ2) is 10.3. The zero-order valence-electron chi connectivity index (χ0n) is 18.6. The first kappa shape index (κ1) is 23.2. The van der Waals surface area contributed by atoms with Gasteiger partial charge in [0, 0.05) is 55.6 Å². The predicted octanol–water partition coefficient (Wildman–Crippen LogP) is 3.60. The van der Waals surface area contributed by atoms with Gasteiger partial charge in [-0.1, -0.05) is 17.7 Å². The summed E-state index contributed by atoms with van der Waals surface area (Å²) in [6, 6.07) is 12.3. The standard InChI is InChI=1S/C25H27ClN4O3/c1-17-20(16-29-7-9-30(10-8-29)25(32)23-6-3-11-33-23)13-21(26)14-22(17)28-24(31)19-5-2-4-18(12-19)15-27/h2,4-5,12-14,23H,3,6-11,16H2,1H3,(H,28,31). The van der Waals surface area contributed by atoms with Crippen LogP contribution in [0.4, 0.5) is 5.69 Å². The molecule has 1 atom stereocenters. The molecule has 0 radical (unpaired) electrons. The Bertz CT molecular complexity index is 1080. The Kier molecular flexibility index (Phi) is 7.29. The average Bonchev–Trinajstić information content (AvgIpc) is 3.37. The summed E-state index contributed by atoms with van der Waals surface area (Å²) >= 11 is 6.37. The fourth-order valence-corrected chi connectivity index (χ4v) is 4.54. The van der Waals surface area contributed by atoms with Crippen LogP contribution in [0.5, 0.6) is 0 Å². The van der Waals surface area contributed by atoms with E-state index in [1.165, 1.54) is 0 Å². The minimum atomic E-state index is -0.287. The highest BCUT2D eigenvalue weighted by molar-refractivity contribution is 6.31. The normalized spacial score (nSPS) is 18.7. The first-order chi connectivity index (χ1) is 15.9. The zero-order chi connectivity index (χ0) is 23.4. The number of amides is 2. The highest BCUT2D eigenvalue weighted by Crippen LogP contribution is 2.27. The minimum absolute atomic E-state index is 0.108. The van der Waals surface area contributed by atoms with E-state index in [1.807, 2.05) is 24.0 Å². The second-order valence-electron chi connectivity index (χ2n) is 8.49. The molecule has 1 unspecified atom stereocenters. The van der Waals surface area contributed by atoms with Crippen LogP contribution in [0.2, 0.25) is 5.02 Å². The lowest BCUT2D eigenvalue weighted by atomic mass is 10.0. The van der Waals surface area contributed by atoms with Crippen molar-refractivity contribution < 1.29 is 14.3 Å². The van der Waals surface area contributed by atoms with Gasteiger partial charge in [-0.05, 0) is 61.2 Å². The molecule has 0 aliphatic carbocycles. The van der Waals surface area contributed by atoms with Crippen LogP contribution < -0.4 is 5.32 Å². The highest BCUT2D eigenvalue weighted by atomic mass is 35.5. The van der Waals surface area contributed by atoms with E-state index in [0.29, 0.717) is 48.1 Å². The molecule has 2 heterocycles. The summed E-state index contributed by atoms with van der Waals surface area (Å²) in [6.45, 7) is 6.22. The molecule has 2 aliphatic rings. The molecule has 172 valence electrons. The summed E-state index contributed by atoms with van der Waals surface area (Å²) in [5.74, 6) is -0.179. The Hall–Kier alpha value is -2.92. The molecule has 0 bridgehead atoms. The van der Waals surface area contributed by atoms with Crippen LogP contribution in [-0.2, 0) is 16.1 Å². The van der Waals surface area contributed by atoms with Crippen molar-refractivity contribution in [3.8, 4) is 6.07 Å². The lowest BCUT2D eigenvalue weighted by Crippen LogP contribution is -2.51. The highest BCUT2D eigenvalue weighted by Gasteiger charge is 2.30. The maximum absolute atomic E-state index is 12.7. The Labute approximate surface area is 198 Å². The number of nitriles is 1. The fraction of sp³-hybridized carbons (Fsp3) is 0.400. The van der Waals surface area contributed by atoms with Gasteiger partial charge in [-0.3, -0.25) is 14.5 Å². The van der Waals surface area contributed by atoms with Gasteiger partial charge in [-0.2, -0.15) is 5.26 Å². The Morgan fingerprint density at radius 3 is 2.70 bits per heavy atom. The van der Waals surface area contributed by atoms with Crippen molar-refractivity contribution in [2.45, 2.75) is 32.4 Å². The Morgan fingerprint density at radius 1 is 1.21 bits per heavy atom. The summed E-state index contributed by atoms with van der Waals surface area (Å²) in [6.07, 6.45) is 1.50. The molecule has 33 heavy (non-hydrogen) atoms. The van der Waals surface area contributed by atoms with Gasteiger partial charge < -0.3 is 15.0 Å². The van der Waals surface area contributed by atoms with Crippen LogP contribution in [0.3, 0.4) is 0 Å². The maximum atomic E-state index is 12.7. The lowest BCUT2D eigenvalue weighted by Gasteiger charge is -2.36. The molecule has 0 saturated carbocycles. The number of ether oxygens (including phenoxy) is 1. The first-order valence-electron chi connectivity index (χ1n) is 11.2. The molecule has 2 aromatic carbocycles. The van der Waals surface area contributed by atoms with Crippen molar-refractivity contribution in [2.24, 2.45) is 0 Å². The van der Waals surface area contributed by atoms with Gasteiger partial charge in [0.2, 0.25) is 0 Å². The van der Waals surface area contributed by atoms with Crippen molar-refractivity contribution in [3.05, 3.63) is 63.7 Å². The van der Waals surface area contributed by atoms with Crippen LogP contribution >= 0.6 is 11.6 Å². The third-order valence-electron chi connectivity index (χ3n) is 6.27. The zero-order valence-corrected chi connectivity index (χ0v) is 19.4. The molecular formula is C25H27ClN4O3. The molecular weight excluding hydrogens is 440 g/mol. The number of carbonyl (C=O) groups is 2. The molecule has 4 rings (SSSR count). The van der Waals surface area contributed by atoms with Crippen molar-refractivity contribution in [1.82, 2.24) is 9.80 Å². The molecule has 1 N–H and O–H groups in total. The van der Waals surface area contributed by atoms with E-state index in [0.717, 1.165) is 37.1 Å². The summed E-state index contributed by atoms with van der Waals surface area (Å²) in [7, 11) is 0. The lowest BCUT2D eigenvalue weighted by molar-refractivity contribution is -0.142. The van der Waals surface area contributed by atoms with E-state index in [-0.39, 0.29) is 17.9 Å². The average molecular weight is 467 g/mol. The van der Waals surface area contributed by atoms with E-state index in [2.05, 4.69) is 10.2 Å². The fourth-order valence-electron chi connectivity index (χ4n) is 4.30. The molecule has 8 heteroatoms. The van der Waals surface area contributed by atoms with Gasteiger partial charge in [0.05, 0.1) is 11.6 Å². The van der Waals surface area contributed by atoms with Crippen LogP contribution in [0, 0.1) is 18.3 Å². The van der Waals surface area contributed by atoms with Crippen LogP contribution in [0.25, 0.3) is 0 Å². The maximum Gasteiger partial charge on any atom is 0.255 e. The topological polar surface area (TPSA) is 85.7 Å². The van der Waals surface area contributed by atoms with Gasteiger partial charge in [0.1, 0.15) is 6.10 Å². The van der Waals surface area contributed by atoms with Crippen LogP contribution in [0.15, 0.2) is 36.4 Å². The van der Waals surface area contributed by atoms with Crippen molar-refractivity contribution >= 4 is 29.1 Å². The smallest absolute Gasteiger partial charge is 0.255 e. The molecule has 0 spiro atoms. The Morgan fingerprint density at radius 2 is 2.00 bits per heavy atom. The number of nitrogens with zero attached hydrogens (tertiary/aromatic N) is 3. The van der Waals surface area contributed by atoms with E-state index in [1.54, 1.807) is 30.3 Å². The van der Waals surface area contributed by atoms with Gasteiger partial charge in [-0.25, -0.2) is 0 Å². The summed E-state index contributed by atoms with van der Waals surface area (Å²) in [5, 5.41) is 12.6. The van der Waals surface area contributed by atoms with Crippen molar-refractivity contribution in [3.63, 3.8) is 0 Å². The number of benzene rings is 2. The number of hydrogen-bond acceptors (Lipinski definition) is 5. The minimum Gasteiger partial charge on any atom is -0.368 e. The Balaban J connectivity index is 1.40. The first-order valence-corrected chi connectivity index (χ1v) is 11.6. The number of piperazine rings is 1. The van der Waals surface area contributed by atoms with Crippen LogP contribution in [-0.4, -0.2) is 60.5 Å². The van der Waals surface area contributed by atoms with Gasteiger partial charge in [0.15, 0.2) is 0 Å². The molecule has 2 amide bonds. The number of nitrogens with one attached hydrogen (secondary N) is 1. The number of rotatable bonds is 5. The molecule has 2 fully saturated rings. The summed E-state index contributed by atoms with van der Waals surface area (Å²) in [5.41, 5.74) is 3.48. The SMILES string of the molecule is Cc1c(CN2CCN(C(=O)C3CCCO3)CC2)cc(Cl)cc1NC(=O)c1cccc(C#N)c1. The van der Waals surface area contributed by atoms with Gasteiger partial charge >= 0.3 is 0 Å². The molecule has 2 aliphatic heterocycles. The van der Waals surface area contributed by atoms with E-state index in [9.17, 15) is 9.59 Å². The van der Waals surface area contributed by atoms with E-state index < -0.39 is 0 Å². The van der Waals surface area contributed by atoms with E-state index >= 15 is 0 Å². The molecule has 0 aromatic heterocycles. The number of hydrogen-bond donors (Lipinski definition) is 1. The van der Waals surface area contributed by atoms with Crippen molar-refractivity contribution in [1.29, 1.82) is 5.26 Å². The largest absolute Gasteiger partial charge is 0.368 e. The molecule has 2 saturated heterocycles.